The summed E-state index contributed by atoms with van der Waals surface area (Å²) in [6.45, 7) is 10.4. The fourth-order valence-electron chi connectivity index (χ4n) is 3.23. The third-order valence-corrected chi connectivity index (χ3v) is 5.02. The van der Waals surface area contributed by atoms with Gasteiger partial charge in [-0.25, -0.2) is 19.9 Å². The van der Waals surface area contributed by atoms with Crippen LogP contribution in [0.5, 0.6) is 0 Å². The van der Waals surface area contributed by atoms with Crippen LogP contribution >= 0.6 is 0 Å². The van der Waals surface area contributed by atoms with Gasteiger partial charge in [0.25, 0.3) is 0 Å². The fraction of sp³-hybridized carbons (Fsp3) is 0.579. The largest absolute Gasteiger partial charge is 0.353 e. The lowest BCUT2D eigenvalue weighted by Gasteiger charge is -2.36. The van der Waals surface area contributed by atoms with Crippen LogP contribution in [-0.2, 0) is 5.41 Å². The number of aromatic nitrogens is 4. The topological polar surface area (TPSA) is 58.0 Å². The second-order valence-corrected chi connectivity index (χ2v) is 8.06. The van der Waals surface area contributed by atoms with E-state index in [0.29, 0.717) is 5.92 Å². The minimum atomic E-state index is 0.0414. The molecule has 132 valence electrons. The maximum atomic E-state index is 4.49. The summed E-state index contributed by atoms with van der Waals surface area (Å²) in [5.74, 6) is 2.76. The first-order chi connectivity index (χ1) is 12.0. The van der Waals surface area contributed by atoms with E-state index in [-0.39, 0.29) is 5.41 Å². The highest BCUT2D eigenvalue weighted by Gasteiger charge is 2.27. The van der Waals surface area contributed by atoms with Crippen LogP contribution in [0.2, 0.25) is 0 Å². The Labute approximate surface area is 149 Å². The van der Waals surface area contributed by atoms with Crippen molar-refractivity contribution in [3.05, 3.63) is 36.2 Å². The number of hydrogen-bond donors (Lipinski definition) is 0. The van der Waals surface area contributed by atoms with Crippen molar-refractivity contribution in [1.82, 2.24) is 19.9 Å². The van der Waals surface area contributed by atoms with Crippen LogP contribution < -0.4 is 9.80 Å². The molecule has 0 N–H and O–H groups in total. The molecular weight excluding hydrogens is 312 g/mol. The predicted octanol–water partition coefficient (Wildman–Crippen LogP) is 2.77. The van der Waals surface area contributed by atoms with Gasteiger partial charge < -0.3 is 9.80 Å². The molecule has 25 heavy (non-hydrogen) atoms. The van der Waals surface area contributed by atoms with Gasteiger partial charge in [-0.2, -0.15) is 0 Å². The molecule has 2 aliphatic rings. The maximum Gasteiger partial charge on any atom is 0.132 e. The first kappa shape index (κ1) is 16.2. The van der Waals surface area contributed by atoms with Crippen LogP contribution in [0.15, 0.2) is 24.8 Å². The van der Waals surface area contributed by atoms with Gasteiger partial charge in [-0.3, -0.25) is 0 Å². The molecule has 6 nitrogen and oxygen atoms in total. The molecule has 2 fully saturated rings. The zero-order valence-corrected chi connectivity index (χ0v) is 15.3. The quantitative estimate of drug-likeness (QED) is 0.858. The normalized spacial score (nSPS) is 18.5. The molecule has 0 amide bonds. The third kappa shape index (κ3) is 3.57. The monoisotopic (exact) mass is 338 g/mol. The molecule has 3 heterocycles. The van der Waals surface area contributed by atoms with Gasteiger partial charge in [0.05, 0.1) is 5.69 Å². The van der Waals surface area contributed by atoms with Crippen LogP contribution in [0.3, 0.4) is 0 Å². The zero-order chi connectivity index (χ0) is 17.4. The Balaban J connectivity index is 1.44. The minimum Gasteiger partial charge on any atom is -0.353 e. The van der Waals surface area contributed by atoms with Gasteiger partial charge in [0.15, 0.2) is 0 Å². The summed E-state index contributed by atoms with van der Waals surface area (Å²) in [5, 5.41) is 0. The average Bonchev–Trinajstić information content (AvgIpc) is 3.47. The Morgan fingerprint density at radius 3 is 1.92 bits per heavy atom. The summed E-state index contributed by atoms with van der Waals surface area (Å²) < 4.78 is 0. The Bertz CT molecular complexity index is 742. The molecule has 1 saturated carbocycles. The highest BCUT2D eigenvalue weighted by Crippen LogP contribution is 2.39. The minimum absolute atomic E-state index is 0.0414. The molecule has 0 unspecified atom stereocenters. The predicted molar refractivity (Wildman–Crippen MR) is 99.2 cm³/mol. The maximum absolute atomic E-state index is 4.49. The van der Waals surface area contributed by atoms with E-state index < -0.39 is 0 Å². The van der Waals surface area contributed by atoms with Crippen molar-refractivity contribution in [2.45, 2.75) is 44.9 Å². The Morgan fingerprint density at radius 1 is 0.800 bits per heavy atom. The van der Waals surface area contributed by atoms with Crippen molar-refractivity contribution >= 4 is 11.6 Å². The molecule has 2 aromatic heterocycles. The Kier molecular flexibility index (Phi) is 4.06. The molecule has 0 radical (unpaired) electrons. The summed E-state index contributed by atoms with van der Waals surface area (Å²) in [4.78, 5) is 22.5. The summed E-state index contributed by atoms with van der Waals surface area (Å²) in [7, 11) is 0. The van der Waals surface area contributed by atoms with Gasteiger partial charge in [0.1, 0.15) is 24.3 Å². The third-order valence-electron chi connectivity index (χ3n) is 5.02. The molecule has 0 bridgehead atoms. The van der Waals surface area contributed by atoms with E-state index in [1.54, 1.807) is 12.7 Å². The van der Waals surface area contributed by atoms with E-state index >= 15 is 0 Å². The summed E-state index contributed by atoms with van der Waals surface area (Å²) in [6.07, 6.45) is 5.95. The second kappa shape index (κ2) is 6.24. The van der Waals surface area contributed by atoms with Crippen molar-refractivity contribution in [3.8, 4) is 0 Å². The number of nitrogens with zero attached hydrogens (tertiary/aromatic N) is 6. The average molecular weight is 338 g/mol. The smallest absolute Gasteiger partial charge is 0.132 e. The molecule has 1 aliphatic carbocycles. The molecular formula is C19H26N6. The van der Waals surface area contributed by atoms with E-state index in [1.807, 2.05) is 0 Å². The SMILES string of the molecule is CC(C)(C)c1cc(N2CCN(c3cc(C4CC4)ncn3)CC2)ncn1. The van der Waals surface area contributed by atoms with Gasteiger partial charge in [-0.1, -0.05) is 20.8 Å². The molecule has 0 aromatic carbocycles. The van der Waals surface area contributed by atoms with E-state index in [1.165, 1.54) is 18.5 Å². The van der Waals surface area contributed by atoms with Gasteiger partial charge in [-0.05, 0) is 12.8 Å². The number of anilines is 2. The van der Waals surface area contributed by atoms with Crippen molar-refractivity contribution in [3.63, 3.8) is 0 Å². The summed E-state index contributed by atoms with van der Waals surface area (Å²) in [5.41, 5.74) is 2.34. The van der Waals surface area contributed by atoms with Crippen LogP contribution in [0.1, 0.15) is 50.9 Å². The fourth-order valence-corrected chi connectivity index (χ4v) is 3.23. The highest BCUT2D eigenvalue weighted by molar-refractivity contribution is 5.46. The lowest BCUT2D eigenvalue weighted by Crippen LogP contribution is -2.47. The van der Waals surface area contributed by atoms with Gasteiger partial charge in [-0.15, -0.1) is 0 Å². The van der Waals surface area contributed by atoms with Crippen LogP contribution in [0, 0.1) is 0 Å². The number of piperazine rings is 1. The van der Waals surface area contributed by atoms with Gasteiger partial charge >= 0.3 is 0 Å². The number of hydrogen-bond acceptors (Lipinski definition) is 6. The van der Waals surface area contributed by atoms with Crippen molar-refractivity contribution in [2.75, 3.05) is 36.0 Å². The lowest BCUT2D eigenvalue weighted by molar-refractivity contribution is 0.564. The van der Waals surface area contributed by atoms with Gasteiger partial charge in [0.2, 0.25) is 0 Å². The van der Waals surface area contributed by atoms with E-state index in [9.17, 15) is 0 Å². The Morgan fingerprint density at radius 2 is 1.36 bits per heavy atom. The van der Waals surface area contributed by atoms with E-state index in [4.69, 9.17) is 0 Å². The molecule has 0 spiro atoms. The molecule has 0 atom stereocenters. The molecule has 4 rings (SSSR count). The summed E-state index contributed by atoms with van der Waals surface area (Å²) in [6, 6.07) is 4.31. The first-order valence-electron chi connectivity index (χ1n) is 9.15. The number of rotatable bonds is 3. The van der Waals surface area contributed by atoms with Crippen LogP contribution in [0.25, 0.3) is 0 Å². The second-order valence-electron chi connectivity index (χ2n) is 8.06. The van der Waals surface area contributed by atoms with Crippen molar-refractivity contribution in [1.29, 1.82) is 0 Å². The van der Waals surface area contributed by atoms with Crippen LogP contribution in [0.4, 0.5) is 11.6 Å². The lowest BCUT2D eigenvalue weighted by atomic mass is 9.92. The van der Waals surface area contributed by atoms with Crippen molar-refractivity contribution < 1.29 is 0 Å². The highest BCUT2D eigenvalue weighted by atomic mass is 15.3. The Hall–Kier alpha value is -2.24. The molecule has 2 aromatic rings. The zero-order valence-electron chi connectivity index (χ0n) is 15.3. The standard InChI is InChI=1S/C19H26N6/c1-19(2,3)16-11-18(23-13-21-16)25-8-6-24(7-9-25)17-10-15(14-4-5-14)20-12-22-17/h10-14H,4-9H2,1-3H3. The molecule has 6 heteroatoms. The van der Waals surface area contributed by atoms with Crippen molar-refractivity contribution in [2.24, 2.45) is 0 Å². The molecule has 1 aliphatic heterocycles. The van der Waals surface area contributed by atoms with E-state index in [2.05, 4.69) is 62.6 Å². The first-order valence-corrected chi connectivity index (χ1v) is 9.15. The summed E-state index contributed by atoms with van der Waals surface area (Å²) >= 11 is 0. The van der Waals surface area contributed by atoms with Gasteiger partial charge in [0, 0.05) is 55.3 Å². The molecule has 1 saturated heterocycles. The van der Waals surface area contributed by atoms with E-state index in [0.717, 1.165) is 43.5 Å². The van der Waals surface area contributed by atoms with Crippen LogP contribution in [-0.4, -0.2) is 46.1 Å².